The minimum atomic E-state index is 0.367. The fourth-order valence-corrected chi connectivity index (χ4v) is 2.69. The summed E-state index contributed by atoms with van der Waals surface area (Å²) < 4.78 is 0. The van der Waals surface area contributed by atoms with Crippen molar-refractivity contribution in [2.45, 2.75) is 65.0 Å². The molecule has 3 unspecified atom stereocenters. The maximum atomic E-state index is 6.09. The van der Waals surface area contributed by atoms with E-state index in [1.54, 1.807) is 0 Å². The van der Waals surface area contributed by atoms with Crippen LogP contribution in [0.1, 0.15) is 52.9 Å². The second-order valence-electron chi connectivity index (χ2n) is 5.92. The first-order chi connectivity index (χ1) is 7.54. The molecule has 0 radical (unpaired) electrons. The topological polar surface area (TPSA) is 29.3 Å². The van der Waals surface area contributed by atoms with Gasteiger partial charge in [0.2, 0.25) is 0 Å². The maximum Gasteiger partial charge on any atom is 0.00949 e. The van der Waals surface area contributed by atoms with Crippen LogP contribution in [-0.4, -0.2) is 30.6 Å². The van der Waals surface area contributed by atoms with Gasteiger partial charge in [0.15, 0.2) is 0 Å². The number of nitrogens with two attached hydrogens (primary N) is 1. The molecule has 0 aromatic rings. The van der Waals surface area contributed by atoms with Gasteiger partial charge >= 0.3 is 0 Å². The molecule has 2 N–H and O–H groups in total. The van der Waals surface area contributed by atoms with Crippen LogP contribution in [0.3, 0.4) is 0 Å². The lowest BCUT2D eigenvalue weighted by molar-refractivity contribution is 0.225. The summed E-state index contributed by atoms with van der Waals surface area (Å²) in [6.07, 6.45) is 6.73. The fraction of sp³-hybridized carbons (Fsp3) is 1.00. The molecule has 1 rings (SSSR count). The molecule has 96 valence electrons. The minimum Gasteiger partial charge on any atom is -0.327 e. The van der Waals surface area contributed by atoms with Crippen molar-refractivity contribution >= 4 is 0 Å². The average Bonchev–Trinajstić information content (AvgIpc) is 2.73. The predicted molar refractivity (Wildman–Crippen MR) is 71.5 cm³/mol. The third-order valence-corrected chi connectivity index (χ3v) is 4.39. The van der Waals surface area contributed by atoms with Crippen LogP contribution in [0.5, 0.6) is 0 Å². The summed E-state index contributed by atoms with van der Waals surface area (Å²) in [5.74, 6) is 1.59. The van der Waals surface area contributed by atoms with E-state index in [1.165, 1.54) is 32.2 Å². The van der Waals surface area contributed by atoms with Crippen molar-refractivity contribution in [1.29, 1.82) is 0 Å². The van der Waals surface area contributed by atoms with Crippen LogP contribution in [0.4, 0.5) is 0 Å². The first-order valence-electron chi connectivity index (χ1n) is 7.00. The third-order valence-electron chi connectivity index (χ3n) is 4.39. The van der Waals surface area contributed by atoms with Crippen LogP contribution in [0.15, 0.2) is 0 Å². The maximum absolute atomic E-state index is 6.09. The van der Waals surface area contributed by atoms with E-state index in [0.29, 0.717) is 12.0 Å². The predicted octanol–water partition coefficient (Wildman–Crippen LogP) is 2.87. The highest BCUT2D eigenvalue weighted by Crippen LogP contribution is 2.30. The smallest absolute Gasteiger partial charge is 0.00949 e. The van der Waals surface area contributed by atoms with Gasteiger partial charge in [-0.1, -0.05) is 27.2 Å². The van der Waals surface area contributed by atoms with Crippen LogP contribution in [0.2, 0.25) is 0 Å². The Bertz CT molecular complexity index is 191. The van der Waals surface area contributed by atoms with Gasteiger partial charge in [0.1, 0.15) is 0 Å². The van der Waals surface area contributed by atoms with Gasteiger partial charge in [0.25, 0.3) is 0 Å². The summed E-state index contributed by atoms with van der Waals surface area (Å²) in [5, 5.41) is 0. The third kappa shape index (κ3) is 4.06. The molecule has 0 saturated heterocycles. The van der Waals surface area contributed by atoms with Gasteiger partial charge in [-0.2, -0.15) is 0 Å². The van der Waals surface area contributed by atoms with Crippen LogP contribution in [-0.2, 0) is 0 Å². The second-order valence-corrected chi connectivity index (χ2v) is 5.92. The average molecular weight is 226 g/mol. The summed E-state index contributed by atoms with van der Waals surface area (Å²) in [7, 11) is 2.27. The van der Waals surface area contributed by atoms with Crippen molar-refractivity contribution in [2.24, 2.45) is 17.6 Å². The molecule has 0 aromatic carbocycles. The summed E-state index contributed by atoms with van der Waals surface area (Å²) in [4.78, 5) is 2.54. The molecular weight excluding hydrogens is 196 g/mol. The Morgan fingerprint density at radius 1 is 1.31 bits per heavy atom. The van der Waals surface area contributed by atoms with Crippen LogP contribution in [0.25, 0.3) is 0 Å². The molecule has 0 bridgehead atoms. The van der Waals surface area contributed by atoms with E-state index in [-0.39, 0.29) is 0 Å². The second kappa shape index (κ2) is 6.61. The van der Waals surface area contributed by atoms with Gasteiger partial charge in [0, 0.05) is 12.1 Å². The summed E-state index contributed by atoms with van der Waals surface area (Å²) in [5.41, 5.74) is 6.09. The molecule has 2 heteroatoms. The fourth-order valence-electron chi connectivity index (χ4n) is 2.69. The Kier molecular flexibility index (Phi) is 5.77. The Morgan fingerprint density at radius 2 is 2.00 bits per heavy atom. The molecule has 1 fully saturated rings. The molecule has 0 aliphatic heterocycles. The van der Waals surface area contributed by atoms with Crippen molar-refractivity contribution < 1.29 is 0 Å². The molecule has 2 nitrogen and oxygen atoms in total. The van der Waals surface area contributed by atoms with Gasteiger partial charge in [-0.05, 0) is 51.1 Å². The van der Waals surface area contributed by atoms with Crippen LogP contribution in [0, 0.1) is 11.8 Å². The lowest BCUT2D eigenvalue weighted by Crippen LogP contribution is -2.36. The Balaban J connectivity index is 2.23. The first kappa shape index (κ1) is 14.0. The number of hydrogen-bond acceptors (Lipinski definition) is 2. The first-order valence-corrected chi connectivity index (χ1v) is 7.00. The Morgan fingerprint density at radius 3 is 2.50 bits per heavy atom. The Hall–Kier alpha value is -0.0800. The van der Waals surface area contributed by atoms with E-state index < -0.39 is 0 Å². The zero-order valence-corrected chi connectivity index (χ0v) is 11.6. The van der Waals surface area contributed by atoms with E-state index in [9.17, 15) is 0 Å². The minimum absolute atomic E-state index is 0.367. The van der Waals surface area contributed by atoms with Gasteiger partial charge in [-0.25, -0.2) is 0 Å². The number of rotatable bonds is 6. The van der Waals surface area contributed by atoms with Gasteiger partial charge < -0.3 is 10.6 Å². The zero-order valence-electron chi connectivity index (χ0n) is 11.6. The normalized spacial score (nSPS) is 27.9. The highest BCUT2D eigenvalue weighted by atomic mass is 15.1. The van der Waals surface area contributed by atoms with Gasteiger partial charge in [-0.3, -0.25) is 0 Å². The van der Waals surface area contributed by atoms with Crippen LogP contribution >= 0.6 is 0 Å². The molecule has 3 atom stereocenters. The molecule has 0 heterocycles. The monoisotopic (exact) mass is 226 g/mol. The van der Waals surface area contributed by atoms with E-state index >= 15 is 0 Å². The van der Waals surface area contributed by atoms with Gasteiger partial charge in [0.05, 0.1) is 0 Å². The van der Waals surface area contributed by atoms with Crippen LogP contribution < -0.4 is 5.73 Å². The van der Waals surface area contributed by atoms with E-state index in [0.717, 1.165) is 18.4 Å². The van der Waals surface area contributed by atoms with E-state index in [2.05, 4.69) is 32.7 Å². The highest BCUT2D eigenvalue weighted by Gasteiger charge is 2.26. The number of hydrogen-bond donors (Lipinski definition) is 1. The molecule has 1 saturated carbocycles. The highest BCUT2D eigenvalue weighted by molar-refractivity contribution is 4.81. The largest absolute Gasteiger partial charge is 0.327 e. The number of nitrogens with zero attached hydrogens (tertiary/aromatic N) is 1. The lowest BCUT2D eigenvalue weighted by Gasteiger charge is -2.26. The summed E-state index contributed by atoms with van der Waals surface area (Å²) in [6.45, 7) is 7.92. The lowest BCUT2D eigenvalue weighted by atomic mass is 10.0. The molecule has 1 aliphatic carbocycles. The van der Waals surface area contributed by atoms with E-state index in [4.69, 9.17) is 5.73 Å². The van der Waals surface area contributed by atoms with Crippen molar-refractivity contribution in [2.75, 3.05) is 13.6 Å². The quantitative estimate of drug-likeness (QED) is 0.754. The zero-order chi connectivity index (χ0) is 12.1. The molecular formula is C14H30N2. The summed E-state index contributed by atoms with van der Waals surface area (Å²) in [6, 6.07) is 1.19. The molecule has 0 spiro atoms. The molecule has 0 aromatic heterocycles. The van der Waals surface area contributed by atoms with Crippen molar-refractivity contribution in [3.63, 3.8) is 0 Å². The van der Waals surface area contributed by atoms with Crippen molar-refractivity contribution in [3.8, 4) is 0 Å². The standard InChI is InChI=1S/C14H30N2/c1-5-12-6-7-13(10-12)16(4)9-8-14(15)11(2)3/h11-14H,5-10,15H2,1-4H3. The van der Waals surface area contributed by atoms with Gasteiger partial charge in [-0.15, -0.1) is 0 Å². The molecule has 0 amide bonds. The van der Waals surface area contributed by atoms with E-state index in [1.807, 2.05) is 0 Å². The molecule has 1 aliphatic rings. The van der Waals surface area contributed by atoms with Crippen molar-refractivity contribution in [3.05, 3.63) is 0 Å². The van der Waals surface area contributed by atoms with Crippen molar-refractivity contribution in [1.82, 2.24) is 4.90 Å². The SMILES string of the molecule is CCC1CCC(N(C)CCC(N)C(C)C)C1. The summed E-state index contributed by atoms with van der Waals surface area (Å²) >= 11 is 0. The molecule has 16 heavy (non-hydrogen) atoms. The Labute approximate surface area is 102 Å².